The van der Waals surface area contributed by atoms with Crippen LogP contribution in [-0.2, 0) is 26.2 Å². The Morgan fingerprint density at radius 3 is 2.60 bits per heavy atom. The van der Waals surface area contributed by atoms with E-state index in [9.17, 15) is 18.0 Å². The van der Waals surface area contributed by atoms with E-state index in [2.05, 4.69) is 5.32 Å². The van der Waals surface area contributed by atoms with Gasteiger partial charge in [0, 0.05) is 6.54 Å². The zero-order valence-electron chi connectivity index (χ0n) is 10.4. The normalized spacial score (nSPS) is 21.2. The number of carbonyl (C=O) groups excluding carboxylic acids is 1. The monoisotopic (exact) mass is 298 g/mol. The number of carbonyl (C=O) groups is 2. The summed E-state index contributed by atoms with van der Waals surface area (Å²) >= 11 is 0. The van der Waals surface area contributed by atoms with Crippen LogP contribution in [-0.4, -0.2) is 25.4 Å². The second kappa shape index (κ2) is 5.22. The number of carboxylic acid groups (broad SMARTS) is 1. The molecule has 8 heteroatoms. The lowest BCUT2D eigenvalue weighted by molar-refractivity contribution is -0.140. The lowest BCUT2D eigenvalue weighted by Gasteiger charge is -2.06. The highest BCUT2D eigenvalue weighted by atomic mass is 32.2. The van der Waals surface area contributed by atoms with Crippen molar-refractivity contribution >= 4 is 21.9 Å². The Labute approximate surface area is 115 Å². The van der Waals surface area contributed by atoms with Crippen molar-refractivity contribution in [2.45, 2.75) is 17.9 Å². The summed E-state index contributed by atoms with van der Waals surface area (Å²) in [5.74, 6) is -2.40. The van der Waals surface area contributed by atoms with Crippen molar-refractivity contribution in [2.75, 3.05) is 0 Å². The van der Waals surface area contributed by atoms with Gasteiger partial charge >= 0.3 is 5.97 Å². The average Bonchev–Trinajstić information content (AvgIpc) is 3.15. The van der Waals surface area contributed by atoms with Crippen molar-refractivity contribution in [3.05, 3.63) is 29.8 Å². The molecule has 0 unspecified atom stereocenters. The van der Waals surface area contributed by atoms with Crippen molar-refractivity contribution in [3.63, 3.8) is 0 Å². The summed E-state index contributed by atoms with van der Waals surface area (Å²) in [7, 11) is -3.78. The highest BCUT2D eigenvalue weighted by Gasteiger charge is 2.48. The van der Waals surface area contributed by atoms with Crippen LogP contribution in [0.15, 0.2) is 29.2 Å². The molecule has 108 valence electrons. The molecule has 20 heavy (non-hydrogen) atoms. The molecular formula is C12H14N2O5S. The van der Waals surface area contributed by atoms with Crippen LogP contribution < -0.4 is 10.5 Å². The molecule has 0 spiro atoms. The van der Waals surface area contributed by atoms with Gasteiger partial charge in [-0.1, -0.05) is 12.1 Å². The fourth-order valence-corrected chi connectivity index (χ4v) is 2.49. The molecule has 1 saturated carbocycles. The van der Waals surface area contributed by atoms with Crippen LogP contribution in [0.2, 0.25) is 0 Å². The van der Waals surface area contributed by atoms with E-state index in [4.69, 9.17) is 10.2 Å². The van der Waals surface area contributed by atoms with E-state index in [1.165, 1.54) is 18.2 Å². The lowest BCUT2D eigenvalue weighted by atomic mass is 10.2. The fraction of sp³-hybridized carbons (Fsp3) is 0.333. The summed E-state index contributed by atoms with van der Waals surface area (Å²) in [4.78, 5) is 22.3. The van der Waals surface area contributed by atoms with Crippen LogP contribution in [0.1, 0.15) is 12.0 Å². The summed E-state index contributed by atoms with van der Waals surface area (Å²) in [6.45, 7) is 0.130. The van der Waals surface area contributed by atoms with Gasteiger partial charge in [0.1, 0.15) is 0 Å². The number of hydrogen-bond acceptors (Lipinski definition) is 4. The first kappa shape index (κ1) is 14.5. The lowest BCUT2D eigenvalue weighted by Crippen LogP contribution is -2.26. The Kier molecular flexibility index (Phi) is 3.78. The van der Waals surface area contributed by atoms with Crippen molar-refractivity contribution in [1.29, 1.82) is 0 Å². The van der Waals surface area contributed by atoms with Crippen molar-refractivity contribution in [2.24, 2.45) is 17.0 Å². The van der Waals surface area contributed by atoms with Gasteiger partial charge in [0.05, 0.1) is 16.7 Å². The van der Waals surface area contributed by atoms with Gasteiger partial charge in [-0.15, -0.1) is 0 Å². The van der Waals surface area contributed by atoms with Crippen LogP contribution in [0.25, 0.3) is 0 Å². The molecule has 1 fully saturated rings. The number of nitrogens with two attached hydrogens (primary N) is 1. The van der Waals surface area contributed by atoms with Gasteiger partial charge in [0.25, 0.3) is 0 Å². The first-order valence-electron chi connectivity index (χ1n) is 5.91. The Balaban J connectivity index is 1.95. The molecule has 7 nitrogen and oxygen atoms in total. The molecule has 1 aliphatic carbocycles. The Morgan fingerprint density at radius 2 is 2.05 bits per heavy atom. The largest absolute Gasteiger partial charge is 0.481 e. The second-order valence-electron chi connectivity index (χ2n) is 4.70. The van der Waals surface area contributed by atoms with Crippen molar-refractivity contribution in [3.8, 4) is 0 Å². The van der Waals surface area contributed by atoms with Gasteiger partial charge < -0.3 is 10.4 Å². The maximum absolute atomic E-state index is 11.7. The number of sulfonamides is 1. The third kappa shape index (κ3) is 3.34. The standard InChI is InChI=1S/C12H14N2O5S/c13-20(18,19)8-3-1-2-7(4-8)6-14-11(15)9-5-10(9)12(16)17/h1-4,9-10H,5-6H2,(H,14,15)(H,16,17)(H2,13,18,19)/t9-,10+/m1/s1. The summed E-state index contributed by atoms with van der Waals surface area (Å²) in [6.07, 6.45) is 0.346. The molecule has 0 bridgehead atoms. The molecule has 4 N–H and O–H groups in total. The summed E-state index contributed by atoms with van der Waals surface area (Å²) in [5.41, 5.74) is 0.581. The molecule has 0 radical (unpaired) electrons. The first-order chi connectivity index (χ1) is 9.29. The minimum absolute atomic E-state index is 0.0286. The van der Waals surface area contributed by atoms with Crippen LogP contribution in [0.4, 0.5) is 0 Å². The molecule has 1 aromatic rings. The number of amides is 1. The maximum Gasteiger partial charge on any atom is 0.307 e. The molecule has 1 aromatic carbocycles. The zero-order valence-corrected chi connectivity index (χ0v) is 11.3. The number of benzene rings is 1. The quantitative estimate of drug-likeness (QED) is 0.686. The molecule has 0 saturated heterocycles. The Hall–Kier alpha value is -1.93. The minimum Gasteiger partial charge on any atom is -0.481 e. The fourth-order valence-electron chi connectivity index (χ4n) is 1.91. The van der Waals surface area contributed by atoms with Crippen molar-refractivity contribution in [1.82, 2.24) is 5.32 Å². The first-order valence-corrected chi connectivity index (χ1v) is 7.46. The van der Waals surface area contributed by atoms with Crippen molar-refractivity contribution < 1.29 is 23.1 Å². The third-order valence-electron chi connectivity index (χ3n) is 3.14. The highest BCUT2D eigenvalue weighted by Crippen LogP contribution is 2.38. The van der Waals surface area contributed by atoms with Gasteiger partial charge in [0.2, 0.25) is 15.9 Å². The van der Waals surface area contributed by atoms with Crippen LogP contribution in [0.5, 0.6) is 0 Å². The number of hydrogen-bond donors (Lipinski definition) is 3. The summed E-state index contributed by atoms with van der Waals surface area (Å²) in [6, 6.07) is 5.91. The van der Waals surface area contributed by atoms with E-state index in [0.29, 0.717) is 12.0 Å². The Bertz CT molecular complexity index is 656. The summed E-state index contributed by atoms with van der Waals surface area (Å²) in [5, 5.41) is 16.3. The van der Waals surface area contributed by atoms with Crippen LogP contribution in [0.3, 0.4) is 0 Å². The number of primary sulfonamides is 1. The van der Waals surface area contributed by atoms with Gasteiger partial charge in [-0.3, -0.25) is 9.59 Å². The smallest absolute Gasteiger partial charge is 0.307 e. The molecule has 2 rings (SSSR count). The zero-order chi connectivity index (χ0) is 14.9. The molecule has 0 aromatic heterocycles. The molecule has 2 atom stereocenters. The topological polar surface area (TPSA) is 127 Å². The number of rotatable bonds is 5. The second-order valence-corrected chi connectivity index (χ2v) is 6.26. The Morgan fingerprint density at radius 1 is 1.35 bits per heavy atom. The minimum atomic E-state index is -3.78. The van der Waals surface area contributed by atoms with Gasteiger partial charge in [0.15, 0.2) is 0 Å². The van der Waals surface area contributed by atoms with E-state index >= 15 is 0 Å². The molecule has 0 aliphatic heterocycles. The van der Waals surface area contributed by atoms with E-state index in [1.807, 2.05) is 0 Å². The van der Waals surface area contributed by atoms with E-state index < -0.39 is 27.8 Å². The predicted molar refractivity (Wildman–Crippen MR) is 68.9 cm³/mol. The number of nitrogens with one attached hydrogen (secondary N) is 1. The average molecular weight is 298 g/mol. The molecular weight excluding hydrogens is 284 g/mol. The van der Waals surface area contributed by atoms with Crippen LogP contribution >= 0.6 is 0 Å². The van der Waals surface area contributed by atoms with Crippen LogP contribution in [0, 0.1) is 11.8 Å². The molecule has 1 amide bonds. The third-order valence-corrected chi connectivity index (χ3v) is 4.05. The number of carboxylic acids is 1. The molecule has 1 aliphatic rings. The van der Waals surface area contributed by atoms with E-state index in [-0.39, 0.29) is 17.3 Å². The van der Waals surface area contributed by atoms with Gasteiger partial charge in [-0.2, -0.15) is 0 Å². The molecule has 0 heterocycles. The van der Waals surface area contributed by atoms with E-state index in [1.54, 1.807) is 6.07 Å². The van der Waals surface area contributed by atoms with E-state index in [0.717, 1.165) is 0 Å². The van der Waals surface area contributed by atoms with Gasteiger partial charge in [-0.25, -0.2) is 13.6 Å². The number of aliphatic carboxylic acids is 1. The SMILES string of the molecule is NS(=O)(=O)c1cccc(CNC(=O)[C@@H]2C[C@@H]2C(=O)O)c1. The van der Waals surface area contributed by atoms with Gasteiger partial charge in [-0.05, 0) is 24.1 Å². The highest BCUT2D eigenvalue weighted by molar-refractivity contribution is 7.89. The predicted octanol–water partition coefficient (Wildman–Crippen LogP) is -0.329. The summed E-state index contributed by atoms with van der Waals surface area (Å²) < 4.78 is 22.4. The maximum atomic E-state index is 11.7.